The lowest BCUT2D eigenvalue weighted by atomic mass is 10.1. The first-order valence-electron chi connectivity index (χ1n) is 7.13. The minimum absolute atomic E-state index is 0.00667. The van der Waals surface area contributed by atoms with Crippen molar-refractivity contribution >= 4 is 5.91 Å². The van der Waals surface area contributed by atoms with Gasteiger partial charge in [0.25, 0.3) is 0 Å². The molecule has 1 saturated heterocycles. The number of amides is 1. The Balaban J connectivity index is 2.55. The molecule has 1 heterocycles. The van der Waals surface area contributed by atoms with Gasteiger partial charge in [0.2, 0.25) is 5.91 Å². The molecule has 18 heavy (non-hydrogen) atoms. The van der Waals surface area contributed by atoms with Gasteiger partial charge in [-0.15, -0.1) is 0 Å². The second kappa shape index (κ2) is 7.10. The number of rotatable bonds is 7. The Morgan fingerprint density at radius 1 is 1.33 bits per heavy atom. The number of hydrogen-bond donors (Lipinski definition) is 1. The first-order valence-corrected chi connectivity index (χ1v) is 7.13. The van der Waals surface area contributed by atoms with Gasteiger partial charge in [0.1, 0.15) is 0 Å². The summed E-state index contributed by atoms with van der Waals surface area (Å²) in [5.74, 6) is 0.815. The van der Waals surface area contributed by atoms with Crippen molar-refractivity contribution in [3.8, 4) is 0 Å². The lowest BCUT2D eigenvalue weighted by Crippen LogP contribution is -2.40. The maximum Gasteiger partial charge on any atom is 0.241 e. The molecule has 0 aliphatic carbocycles. The minimum Gasteiger partial charge on any atom is -0.377 e. The van der Waals surface area contributed by atoms with Gasteiger partial charge >= 0.3 is 0 Å². The summed E-state index contributed by atoms with van der Waals surface area (Å²) in [5, 5.41) is 3.43. The SMILES string of the molecule is CCC1NC(CC(C)C)N(CCOC(C)C)C1=O. The van der Waals surface area contributed by atoms with Crippen LogP contribution in [0.1, 0.15) is 47.5 Å². The average molecular weight is 256 g/mol. The molecule has 1 aliphatic rings. The quantitative estimate of drug-likeness (QED) is 0.757. The van der Waals surface area contributed by atoms with E-state index in [4.69, 9.17) is 4.74 Å². The molecule has 0 bridgehead atoms. The number of nitrogens with one attached hydrogen (secondary N) is 1. The van der Waals surface area contributed by atoms with E-state index in [1.165, 1.54) is 0 Å². The van der Waals surface area contributed by atoms with Gasteiger partial charge in [0.05, 0.1) is 24.9 Å². The van der Waals surface area contributed by atoms with Crippen LogP contribution in [-0.4, -0.2) is 42.3 Å². The van der Waals surface area contributed by atoms with Gasteiger partial charge in [-0.3, -0.25) is 10.1 Å². The van der Waals surface area contributed by atoms with Crippen LogP contribution in [0.25, 0.3) is 0 Å². The van der Waals surface area contributed by atoms with Gasteiger partial charge in [-0.25, -0.2) is 0 Å². The molecule has 0 spiro atoms. The topological polar surface area (TPSA) is 41.6 Å². The van der Waals surface area contributed by atoms with Crippen LogP contribution in [-0.2, 0) is 9.53 Å². The van der Waals surface area contributed by atoms with Crippen molar-refractivity contribution in [2.45, 2.75) is 65.8 Å². The number of ether oxygens (including phenoxy) is 1. The molecule has 0 aromatic heterocycles. The van der Waals surface area contributed by atoms with Crippen molar-refractivity contribution < 1.29 is 9.53 Å². The molecule has 0 radical (unpaired) electrons. The summed E-state index contributed by atoms with van der Waals surface area (Å²) >= 11 is 0. The maximum atomic E-state index is 12.2. The molecule has 1 fully saturated rings. The van der Waals surface area contributed by atoms with E-state index in [9.17, 15) is 4.79 Å². The van der Waals surface area contributed by atoms with Crippen LogP contribution in [0.4, 0.5) is 0 Å². The van der Waals surface area contributed by atoms with E-state index in [0.717, 1.165) is 12.8 Å². The third-order valence-corrected chi connectivity index (χ3v) is 3.24. The highest BCUT2D eigenvalue weighted by molar-refractivity contribution is 5.84. The van der Waals surface area contributed by atoms with Crippen molar-refractivity contribution in [2.75, 3.05) is 13.2 Å². The number of nitrogens with zero attached hydrogens (tertiary/aromatic N) is 1. The maximum absolute atomic E-state index is 12.2. The van der Waals surface area contributed by atoms with E-state index in [1.54, 1.807) is 0 Å². The second-order valence-electron chi connectivity index (χ2n) is 5.72. The Labute approximate surface area is 111 Å². The van der Waals surface area contributed by atoms with E-state index in [2.05, 4.69) is 26.1 Å². The van der Waals surface area contributed by atoms with Crippen LogP contribution in [0.3, 0.4) is 0 Å². The summed E-state index contributed by atoms with van der Waals surface area (Å²) in [6.45, 7) is 11.8. The molecule has 1 aliphatic heterocycles. The van der Waals surface area contributed by atoms with Gasteiger partial charge in [-0.05, 0) is 32.6 Å². The molecule has 1 N–H and O–H groups in total. The van der Waals surface area contributed by atoms with Crippen LogP contribution in [0.15, 0.2) is 0 Å². The molecule has 1 rings (SSSR count). The summed E-state index contributed by atoms with van der Waals surface area (Å²) in [7, 11) is 0. The summed E-state index contributed by atoms with van der Waals surface area (Å²) in [6, 6.07) is -0.00667. The number of carbonyl (C=O) groups excluding carboxylic acids is 1. The summed E-state index contributed by atoms with van der Waals surface area (Å²) in [6.07, 6.45) is 2.26. The molecule has 4 nitrogen and oxygen atoms in total. The van der Waals surface area contributed by atoms with Crippen molar-refractivity contribution in [3.05, 3.63) is 0 Å². The first kappa shape index (κ1) is 15.4. The molecule has 1 amide bonds. The Bertz CT molecular complexity index is 267. The minimum atomic E-state index is -0.00667. The van der Waals surface area contributed by atoms with Gasteiger partial charge < -0.3 is 9.64 Å². The zero-order valence-corrected chi connectivity index (χ0v) is 12.4. The zero-order chi connectivity index (χ0) is 13.7. The Hall–Kier alpha value is -0.610. The van der Waals surface area contributed by atoms with Crippen LogP contribution in [0.5, 0.6) is 0 Å². The predicted octanol–water partition coefficient (Wildman–Crippen LogP) is 1.99. The third kappa shape index (κ3) is 4.25. The highest BCUT2D eigenvalue weighted by atomic mass is 16.5. The van der Waals surface area contributed by atoms with Gasteiger partial charge in [0, 0.05) is 6.54 Å². The van der Waals surface area contributed by atoms with Crippen LogP contribution >= 0.6 is 0 Å². The fourth-order valence-electron chi connectivity index (χ4n) is 2.33. The lowest BCUT2D eigenvalue weighted by molar-refractivity contribution is -0.131. The van der Waals surface area contributed by atoms with Gasteiger partial charge in [0.15, 0.2) is 0 Å². The molecule has 4 heteroatoms. The lowest BCUT2D eigenvalue weighted by Gasteiger charge is -2.25. The molecule has 0 saturated carbocycles. The Morgan fingerprint density at radius 3 is 2.50 bits per heavy atom. The molecular formula is C14H28N2O2. The fraction of sp³-hybridized carbons (Fsp3) is 0.929. The largest absolute Gasteiger partial charge is 0.377 e. The van der Waals surface area contributed by atoms with Crippen LogP contribution in [0, 0.1) is 5.92 Å². The molecular weight excluding hydrogens is 228 g/mol. The molecule has 106 valence electrons. The molecule has 0 aromatic carbocycles. The van der Waals surface area contributed by atoms with Crippen molar-refractivity contribution in [1.29, 1.82) is 0 Å². The zero-order valence-electron chi connectivity index (χ0n) is 12.4. The third-order valence-electron chi connectivity index (χ3n) is 3.24. The van der Waals surface area contributed by atoms with Crippen molar-refractivity contribution in [3.63, 3.8) is 0 Å². The number of carbonyl (C=O) groups is 1. The van der Waals surface area contributed by atoms with Crippen molar-refractivity contribution in [1.82, 2.24) is 10.2 Å². The summed E-state index contributed by atoms with van der Waals surface area (Å²) < 4.78 is 5.55. The van der Waals surface area contributed by atoms with Gasteiger partial charge in [-0.2, -0.15) is 0 Å². The van der Waals surface area contributed by atoms with E-state index in [-0.39, 0.29) is 24.2 Å². The molecule has 2 atom stereocenters. The second-order valence-corrected chi connectivity index (χ2v) is 5.72. The van der Waals surface area contributed by atoms with E-state index in [0.29, 0.717) is 19.1 Å². The standard InChI is InChI=1S/C14H28N2O2/c1-6-12-14(17)16(7-8-18-11(4)5)13(15-12)9-10(2)3/h10-13,15H,6-9H2,1-5H3. The predicted molar refractivity (Wildman–Crippen MR) is 73.3 cm³/mol. The van der Waals surface area contributed by atoms with Gasteiger partial charge in [-0.1, -0.05) is 20.8 Å². The normalized spacial score (nSPS) is 24.6. The molecule has 2 unspecified atom stereocenters. The number of hydrogen-bond acceptors (Lipinski definition) is 3. The Kier molecular flexibility index (Phi) is 6.09. The van der Waals surface area contributed by atoms with Crippen LogP contribution in [0.2, 0.25) is 0 Å². The van der Waals surface area contributed by atoms with E-state index < -0.39 is 0 Å². The highest BCUT2D eigenvalue weighted by Gasteiger charge is 2.37. The summed E-state index contributed by atoms with van der Waals surface area (Å²) in [5.41, 5.74) is 0. The monoisotopic (exact) mass is 256 g/mol. The van der Waals surface area contributed by atoms with Crippen molar-refractivity contribution in [2.24, 2.45) is 5.92 Å². The van der Waals surface area contributed by atoms with E-state index >= 15 is 0 Å². The van der Waals surface area contributed by atoms with E-state index in [1.807, 2.05) is 18.7 Å². The first-order chi connectivity index (χ1) is 8.45. The average Bonchev–Trinajstić information content (AvgIpc) is 2.55. The molecule has 0 aromatic rings. The fourth-order valence-corrected chi connectivity index (χ4v) is 2.33. The summed E-state index contributed by atoms with van der Waals surface area (Å²) in [4.78, 5) is 14.2. The smallest absolute Gasteiger partial charge is 0.241 e. The highest BCUT2D eigenvalue weighted by Crippen LogP contribution is 2.18. The Morgan fingerprint density at radius 2 is 2.00 bits per heavy atom. The van der Waals surface area contributed by atoms with Crippen LogP contribution < -0.4 is 5.32 Å².